The molecular weight excluding hydrogens is 436 g/mol. The molecule has 4 N–H and O–H groups in total. The van der Waals surface area contributed by atoms with Crippen LogP contribution >= 0.6 is 11.9 Å². The highest BCUT2D eigenvalue weighted by atomic mass is 32.2. The molecule has 0 atom stereocenters. The second-order valence-corrected chi connectivity index (χ2v) is 8.82. The van der Waals surface area contributed by atoms with Crippen LogP contribution in [0.2, 0.25) is 0 Å². The van der Waals surface area contributed by atoms with Crippen molar-refractivity contribution in [1.29, 1.82) is 0 Å². The largest absolute Gasteiger partial charge is 0.497 e. The van der Waals surface area contributed by atoms with Gasteiger partial charge in [0.05, 0.1) is 13.0 Å². The SMILES string of the molecule is C=C(C)/C(=C\C=C(/C)C(=O)/C(NSc1ccccc1)=C(/C)N)OC.O=C(O)C1CCCCC1. The number of carbonyl (C=O) groups is 2. The monoisotopic (exact) mass is 472 g/mol. The molecule has 0 unspecified atom stereocenters. The maximum Gasteiger partial charge on any atom is 0.306 e. The van der Waals surface area contributed by atoms with Gasteiger partial charge in [0.15, 0.2) is 0 Å². The zero-order valence-corrected chi connectivity index (χ0v) is 20.8. The van der Waals surface area contributed by atoms with Crippen LogP contribution in [0.1, 0.15) is 52.9 Å². The summed E-state index contributed by atoms with van der Waals surface area (Å²) in [7, 11) is 1.57. The Labute approximate surface area is 201 Å². The Morgan fingerprint density at radius 1 is 1.12 bits per heavy atom. The Morgan fingerprint density at radius 3 is 2.18 bits per heavy atom. The molecular formula is C26H36N2O4S. The molecule has 1 aliphatic carbocycles. The maximum atomic E-state index is 12.6. The Bertz CT molecular complexity index is 894. The van der Waals surface area contributed by atoms with Crippen LogP contribution in [0.3, 0.4) is 0 Å². The number of nitrogens with two attached hydrogens (primary N) is 1. The third-order valence-corrected chi connectivity index (χ3v) is 5.89. The van der Waals surface area contributed by atoms with E-state index < -0.39 is 5.97 Å². The lowest BCUT2D eigenvalue weighted by atomic mass is 9.90. The fourth-order valence-corrected chi connectivity index (χ4v) is 3.88. The third kappa shape index (κ3) is 10.5. The first kappa shape index (κ1) is 28.1. The molecule has 0 spiro atoms. The number of ether oxygens (including phenoxy) is 1. The Balaban J connectivity index is 0.000000502. The average Bonchev–Trinajstić information content (AvgIpc) is 2.80. The predicted octanol–water partition coefficient (Wildman–Crippen LogP) is 5.75. The average molecular weight is 473 g/mol. The van der Waals surface area contributed by atoms with Gasteiger partial charge in [-0.3, -0.25) is 9.59 Å². The van der Waals surface area contributed by atoms with Crippen molar-refractivity contribution in [1.82, 2.24) is 4.72 Å². The van der Waals surface area contributed by atoms with Crippen molar-refractivity contribution in [3.63, 3.8) is 0 Å². The van der Waals surface area contributed by atoms with E-state index in [1.54, 1.807) is 33.1 Å². The van der Waals surface area contributed by atoms with Crippen LogP contribution in [0, 0.1) is 5.92 Å². The number of carbonyl (C=O) groups excluding carboxylic acids is 1. The van der Waals surface area contributed by atoms with Crippen LogP contribution in [0.4, 0.5) is 0 Å². The Kier molecular flexibility index (Phi) is 12.8. The standard InChI is InChI=1S/C19H24N2O2S.C7H12O2/c1-13(2)17(23-5)12-11-14(3)19(22)18(15(4)20)21-24-16-9-7-6-8-10-16;8-7(9)6-4-2-1-3-5-6/h6-12,21H,1,20H2,2-5H3;6H,1-5H2,(H,8,9)/b14-11+,17-12+,18-15+;. The summed E-state index contributed by atoms with van der Waals surface area (Å²) in [5, 5.41) is 8.54. The van der Waals surface area contributed by atoms with E-state index in [1.807, 2.05) is 37.3 Å². The number of carboxylic acid groups (broad SMARTS) is 1. The number of carboxylic acids is 1. The van der Waals surface area contributed by atoms with Crippen molar-refractivity contribution in [2.24, 2.45) is 11.7 Å². The van der Waals surface area contributed by atoms with Gasteiger partial charge in [0.2, 0.25) is 5.78 Å². The van der Waals surface area contributed by atoms with Crippen molar-refractivity contribution in [3.8, 4) is 0 Å². The molecule has 0 bridgehead atoms. The van der Waals surface area contributed by atoms with Gasteiger partial charge in [-0.2, -0.15) is 0 Å². The maximum absolute atomic E-state index is 12.6. The highest BCUT2D eigenvalue weighted by Gasteiger charge is 2.19. The van der Waals surface area contributed by atoms with E-state index >= 15 is 0 Å². The second-order valence-electron chi connectivity index (χ2n) is 7.94. The van der Waals surface area contributed by atoms with E-state index in [0.717, 1.165) is 36.2 Å². The fourth-order valence-electron chi connectivity index (χ4n) is 3.11. The van der Waals surface area contributed by atoms with Gasteiger partial charge in [0.25, 0.3) is 0 Å². The summed E-state index contributed by atoms with van der Waals surface area (Å²) in [6.45, 7) is 9.10. The number of Topliss-reactive ketones (excluding diaryl/α,β-unsaturated/α-hetero) is 1. The first-order chi connectivity index (χ1) is 15.7. The van der Waals surface area contributed by atoms with Crippen LogP contribution in [0.15, 0.2) is 82.3 Å². The lowest BCUT2D eigenvalue weighted by molar-refractivity contribution is -0.142. The summed E-state index contributed by atoms with van der Waals surface area (Å²) in [4.78, 5) is 24.0. The summed E-state index contributed by atoms with van der Waals surface area (Å²) < 4.78 is 8.26. The molecule has 0 aromatic heterocycles. The molecule has 180 valence electrons. The van der Waals surface area contributed by atoms with Crippen LogP contribution in [-0.4, -0.2) is 24.0 Å². The molecule has 1 aromatic carbocycles. The predicted molar refractivity (Wildman–Crippen MR) is 135 cm³/mol. The number of methoxy groups -OCH3 is 1. The number of allylic oxidation sites excluding steroid dienone is 5. The Hall–Kier alpha value is -2.93. The fraction of sp³-hybridized carbons (Fsp3) is 0.385. The minimum atomic E-state index is -0.602. The first-order valence-electron chi connectivity index (χ1n) is 11.0. The molecule has 1 fully saturated rings. The molecule has 0 aliphatic heterocycles. The van der Waals surface area contributed by atoms with E-state index in [0.29, 0.717) is 22.7 Å². The number of hydrogen-bond donors (Lipinski definition) is 3. The van der Waals surface area contributed by atoms with Crippen LogP contribution in [0.5, 0.6) is 0 Å². The molecule has 1 aliphatic rings. The number of nitrogens with one attached hydrogen (secondary N) is 1. The summed E-state index contributed by atoms with van der Waals surface area (Å²) in [5.74, 6) is -0.163. The normalized spacial score (nSPS) is 15.5. The topological polar surface area (TPSA) is 102 Å². The number of aliphatic carboxylic acids is 1. The van der Waals surface area contributed by atoms with Gasteiger partial charge in [-0.15, -0.1) is 0 Å². The number of hydrogen-bond acceptors (Lipinski definition) is 6. The van der Waals surface area contributed by atoms with Gasteiger partial charge in [0.1, 0.15) is 11.5 Å². The molecule has 7 heteroatoms. The van der Waals surface area contributed by atoms with Crippen molar-refractivity contribution in [3.05, 3.63) is 77.4 Å². The summed E-state index contributed by atoms with van der Waals surface area (Å²) in [6.07, 6.45) is 8.67. The zero-order chi connectivity index (χ0) is 24.8. The summed E-state index contributed by atoms with van der Waals surface area (Å²) in [6, 6.07) is 9.71. The quantitative estimate of drug-likeness (QED) is 0.182. The van der Waals surface area contributed by atoms with Gasteiger partial charge < -0.3 is 20.3 Å². The van der Waals surface area contributed by atoms with E-state index in [4.69, 9.17) is 15.6 Å². The molecule has 0 saturated heterocycles. The van der Waals surface area contributed by atoms with E-state index in [-0.39, 0.29) is 11.7 Å². The van der Waals surface area contributed by atoms with Crippen molar-refractivity contribution in [2.45, 2.75) is 57.8 Å². The van der Waals surface area contributed by atoms with Crippen molar-refractivity contribution >= 4 is 23.7 Å². The lowest BCUT2D eigenvalue weighted by Crippen LogP contribution is -2.20. The van der Waals surface area contributed by atoms with Crippen molar-refractivity contribution < 1.29 is 19.4 Å². The number of ketones is 1. The molecule has 33 heavy (non-hydrogen) atoms. The molecule has 2 rings (SSSR count). The lowest BCUT2D eigenvalue weighted by Gasteiger charge is -2.16. The zero-order valence-electron chi connectivity index (χ0n) is 20.0. The van der Waals surface area contributed by atoms with Crippen LogP contribution in [0.25, 0.3) is 0 Å². The molecule has 0 radical (unpaired) electrons. The third-order valence-electron chi connectivity index (χ3n) is 5.07. The summed E-state index contributed by atoms with van der Waals surface area (Å²) >= 11 is 1.35. The van der Waals surface area contributed by atoms with Crippen molar-refractivity contribution in [2.75, 3.05) is 7.11 Å². The van der Waals surface area contributed by atoms with Gasteiger partial charge in [-0.1, -0.05) is 50.1 Å². The van der Waals surface area contributed by atoms with Gasteiger partial charge in [0, 0.05) is 10.6 Å². The summed E-state index contributed by atoms with van der Waals surface area (Å²) in [5.41, 5.74) is 8.02. The molecule has 6 nitrogen and oxygen atoms in total. The smallest absolute Gasteiger partial charge is 0.306 e. The van der Waals surface area contributed by atoms with E-state index in [9.17, 15) is 9.59 Å². The highest BCUT2D eigenvalue weighted by molar-refractivity contribution is 7.97. The minimum Gasteiger partial charge on any atom is -0.497 e. The number of rotatable bonds is 9. The van der Waals surface area contributed by atoms with Crippen LogP contribution < -0.4 is 10.5 Å². The second kappa shape index (κ2) is 15.0. The van der Waals surface area contributed by atoms with Gasteiger partial charge >= 0.3 is 5.97 Å². The van der Waals surface area contributed by atoms with E-state index in [2.05, 4.69) is 11.3 Å². The molecule has 0 amide bonds. The first-order valence-corrected chi connectivity index (χ1v) is 11.8. The molecule has 0 heterocycles. The van der Waals surface area contributed by atoms with Gasteiger partial charge in [-0.05, 0) is 74.9 Å². The molecule has 1 aromatic rings. The number of benzene rings is 1. The van der Waals surface area contributed by atoms with E-state index in [1.165, 1.54) is 18.4 Å². The highest BCUT2D eigenvalue weighted by Crippen LogP contribution is 2.23. The van der Waals surface area contributed by atoms with Crippen LogP contribution in [-0.2, 0) is 14.3 Å². The Morgan fingerprint density at radius 2 is 1.73 bits per heavy atom. The van der Waals surface area contributed by atoms with Gasteiger partial charge in [-0.25, -0.2) is 0 Å². The molecule has 1 saturated carbocycles. The minimum absolute atomic E-state index is 0.0289.